The van der Waals surface area contributed by atoms with Gasteiger partial charge in [-0.25, -0.2) is 0 Å². The van der Waals surface area contributed by atoms with Crippen molar-refractivity contribution in [2.24, 2.45) is 0 Å². The quantitative estimate of drug-likeness (QED) is 0.0417. The average molecular weight is 1950 g/mol. The largest absolute Gasteiger partial charge is 3.00 e. The van der Waals surface area contributed by atoms with Crippen LogP contribution in [-0.2, 0) is 40.8 Å². The van der Waals surface area contributed by atoms with Gasteiger partial charge in [0, 0.05) is 0 Å². The number of hydrogen-bond acceptors (Lipinski definition) is 12. The summed E-state index contributed by atoms with van der Waals surface area (Å²) in [7, 11) is -12.4. The molecular formula is C108H222NdO12P3. The molecule has 0 saturated carbocycles. The fraction of sp³-hybridized carbons (Fsp3) is 1.00. The topological polar surface area (TPSA) is 176 Å². The van der Waals surface area contributed by atoms with E-state index in [1.54, 1.807) is 0 Å². The third-order valence-corrected chi connectivity index (χ3v) is 28.5. The molecule has 0 N–H and O–H groups in total. The van der Waals surface area contributed by atoms with Gasteiger partial charge in [-0.2, -0.15) is 0 Å². The Kier molecular flexibility index (Phi) is 124. The molecule has 0 rings (SSSR count). The van der Waals surface area contributed by atoms with E-state index in [0.717, 1.165) is 77.0 Å². The van der Waals surface area contributed by atoms with Gasteiger partial charge in [0.1, 0.15) is 0 Å². The first-order valence-electron chi connectivity index (χ1n) is 56.2. The second kappa shape index (κ2) is 117. The predicted octanol–water partition coefficient (Wildman–Crippen LogP) is 39.0. The van der Waals surface area contributed by atoms with Crippen molar-refractivity contribution >= 4 is 23.5 Å². The Bertz CT molecular complexity index is 1680. The third-order valence-electron chi connectivity index (χ3n) is 25.5. The number of phosphoric ester groups is 3. The summed E-state index contributed by atoms with van der Waals surface area (Å²) in [4.78, 5) is 35.8. The molecule has 0 aromatic carbocycles. The summed E-state index contributed by atoms with van der Waals surface area (Å²) in [5, 5.41) is 0. The van der Waals surface area contributed by atoms with Gasteiger partial charge in [-0.1, -0.05) is 619 Å². The molecule has 0 aromatic rings. The van der Waals surface area contributed by atoms with Crippen molar-refractivity contribution in [2.45, 2.75) is 658 Å². The normalized spacial score (nSPS) is 11.9. The summed E-state index contributed by atoms with van der Waals surface area (Å²) in [6, 6.07) is 0. The van der Waals surface area contributed by atoms with Crippen LogP contribution in [0.3, 0.4) is 0 Å². The molecule has 124 heavy (non-hydrogen) atoms. The molecule has 0 spiro atoms. The van der Waals surface area contributed by atoms with Crippen LogP contribution in [0.4, 0.5) is 0 Å². The van der Waals surface area contributed by atoms with Gasteiger partial charge in [0.15, 0.2) is 0 Å². The monoisotopic (exact) mass is 1950 g/mol. The van der Waals surface area contributed by atoms with Gasteiger partial charge >= 0.3 is 40.8 Å². The fourth-order valence-corrected chi connectivity index (χ4v) is 19.4. The molecule has 0 bridgehead atoms. The van der Waals surface area contributed by atoms with Crippen molar-refractivity contribution in [2.75, 3.05) is 39.6 Å². The molecule has 16 heteroatoms. The zero-order valence-corrected chi connectivity index (χ0v) is 90.8. The second-order valence-electron chi connectivity index (χ2n) is 38.2. The maximum atomic E-state index is 11.9. The van der Waals surface area contributed by atoms with Gasteiger partial charge in [-0.3, -0.25) is 13.7 Å². The van der Waals surface area contributed by atoms with E-state index in [0.29, 0.717) is 0 Å². The standard InChI is InChI=1S/3C36H75O4P.Nd/c3*1-3-5-7-9-11-13-15-17-19-21-23-25-27-29-31-33-35-39-41(37,38)40-36-34-32-30-28-26-24-22-20-18-16-14-12-10-8-6-4-2;/h3*3-36H2,1-2H3,(H,37,38);/q;;;+3/p-3. The van der Waals surface area contributed by atoms with Crippen LogP contribution < -0.4 is 14.7 Å². The van der Waals surface area contributed by atoms with E-state index in [9.17, 15) is 28.4 Å². The molecule has 0 heterocycles. The van der Waals surface area contributed by atoms with Crippen molar-refractivity contribution < 1.29 is 96.4 Å². The molecule has 0 saturated heterocycles. The van der Waals surface area contributed by atoms with Gasteiger partial charge in [0.05, 0.1) is 39.6 Å². The summed E-state index contributed by atoms with van der Waals surface area (Å²) in [6.07, 6.45) is 126. The Hall–Kier alpha value is 1.68. The van der Waals surface area contributed by atoms with Crippen molar-refractivity contribution in [3.8, 4) is 0 Å². The maximum absolute atomic E-state index is 11.9. The molecule has 0 aliphatic rings. The Labute approximate surface area is 811 Å². The van der Waals surface area contributed by atoms with E-state index in [4.69, 9.17) is 27.1 Å². The first-order chi connectivity index (χ1) is 60.4. The maximum Gasteiger partial charge on any atom is 3.00 e. The van der Waals surface area contributed by atoms with Crippen LogP contribution in [0.2, 0.25) is 0 Å². The van der Waals surface area contributed by atoms with Crippen LogP contribution in [0.25, 0.3) is 0 Å². The van der Waals surface area contributed by atoms with Crippen LogP contribution in [0.1, 0.15) is 658 Å². The minimum Gasteiger partial charge on any atom is -0.756 e. The number of phosphoric acid groups is 3. The van der Waals surface area contributed by atoms with Crippen molar-refractivity contribution in [1.82, 2.24) is 0 Å². The molecule has 0 amide bonds. The van der Waals surface area contributed by atoms with E-state index in [1.807, 2.05) is 0 Å². The van der Waals surface area contributed by atoms with E-state index in [2.05, 4.69) is 41.5 Å². The Morgan fingerprint density at radius 3 is 0.242 bits per heavy atom. The van der Waals surface area contributed by atoms with Crippen molar-refractivity contribution in [3.05, 3.63) is 0 Å². The smallest absolute Gasteiger partial charge is 0.756 e. The predicted molar refractivity (Wildman–Crippen MR) is 536 cm³/mol. The summed E-state index contributed by atoms with van der Waals surface area (Å²) >= 11 is 0. The number of unbranched alkanes of at least 4 members (excludes halogenated alkanes) is 90. The van der Waals surface area contributed by atoms with Gasteiger partial charge in [0.2, 0.25) is 0 Å². The molecule has 12 nitrogen and oxygen atoms in total. The second-order valence-corrected chi connectivity index (χ2v) is 42.4. The van der Waals surface area contributed by atoms with Crippen LogP contribution in [0, 0.1) is 40.8 Å². The van der Waals surface area contributed by atoms with Gasteiger partial charge in [-0.15, -0.1) is 0 Å². The van der Waals surface area contributed by atoms with Crippen molar-refractivity contribution in [1.29, 1.82) is 0 Å². The zero-order chi connectivity index (χ0) is 89.9. The molecule has 0 aromatic heterocycles. The number of hydrogen-bond donors (Lipinski definition) is 0. The average Bonchev–Trinajstić information content (AvgIpc) is 0.950. The molecule has 1 radical (unpaired) electrons. The molecule has 745 valence electrons. The minimum absolute atomic E-state index is 0. The summed E-state index contributed by atoms with van der Waals surface area (Å²) in [5.74, 6) is 0. The van der Waals surface area contributed by atoms with Gasteiger partial charge in [0.25, 0.3) is 23.5 Å². The van der Waals surface area contributed by atoms with Crippen LogP contribution >= 0.6 is 23.5 Å². The summed E-state index contributed by atoms with van der Waals surface area (Å²) in [5.41, 5.74) is 0. The summed E-state index contributed by atoms with van der Waals surface area (Å²) < 4.78 is 66.1. The van der Waals surface area contributed by atoms with Crippen LogP contribution in [0.5, 0.6) is 0 Å². The SMILES string of the molecule is CCCCCCCCCCCCCCCCCCOP(=O)([O-])OCCCCCCCCCCCCCCCCCC.CCCCCCCCCCCCCCCCCCOP(=O)([O-])OCCCCCCCCCCCCCCCCCC.CCCCCCCCCCCCCCCCCCOP(=O)([O-])OCCCCCCCCCCCCCCCCCC.[Nd+3]. The van der Waals surface area contributed by atoms with Crippen LogP contribution in [-0.4, -0.2) is 39.6 Å². The fourth-order valence-electron chi connectivity index (χ4n) is 17.1. The van der Waals surface area contributed by atoms with E-state index < -0.39 is 23.5 Å². The van der Waals surface area contributed by atoms with E-state index >= 15 is 0 Å². The minimum atomic E-state index is -4.12. The van der Waals surface area contributed by atoms with Gasteiger partial charge in [-0.05, 0) is 38.5 Å². The van der Waals surface area contributed by atoms with E-state index in [-0.39, 0.29) is 80.5 Å². The first-order valence-corrected chi connectivity index (χ1v) is 60.5. The number of rotatable bonds is 108. The van der Waals surface area contributed by atoms with Crippen LogP contribution in [0.15, 0.2) is 0 Å². The molecule has 0 fully saturated rings. The third kappa shape index (κ3) is 126. The summed E-state index contributed by atoms with van der Waals surface area (Å²) in [6.45, 7) is 15.2. The Morgan fingerprint density at radius 1 is 0.121 bits per heavy atom. The zero-order valence-electron chi connectivity index (χ0n) is 84.9. The molecular weight excluding hydrogens is 1730 g/mol. The molecule has 0 atom stereocenters. The van der Waals surface area contributed by atoms with E-state index in [1.165, 1.54) is 539 Å². The van der Waals surface area contributed by atoms with Gasteiger partial charge < -0.3 is 41.8 Å². The molecule has 0 unspecified atom stereocenters. The molecule has 0 aliphatic carbocycles. The molecule has 0 aliphatic heterocycles. The first kappa shape index (κ1) is 132. The van der Waals surface area contributed by atoms with Crippen molar-refractivity contribution in [3.63, 3.8) is 0 Å². The Morgan fingerprint density at radius 2 is 0.177 bits per heavy atom. The Balaban J connectivity index is -0.000000867.